The number of piperazine rings is 1. The maximum atomic E-state index is 12.7. The fourth-order valence-corrected chi connectivity index (χ4v) is 4.34. The van der Waals surface area contributed by atoms with Crippen molar-refractivity contribution in [2.24, 2.45) is 0 Å². The maximum absolute atomic E-state index is 12.7. The van der Waals surface area contributed by atoms with Crippen LogP contribution in [0.4, 0.5) is 10.5 Å². The molecule has 0 unspecified atom stereocenters. The molecule has 158 valence electrons. The molecule has 0 N–H and O–H groups in total. The Bertz CT molecular complexity index is 1010. The highest BCUT2D eigenvalue weighted by Crippen LogP contribution is 2.30. The molecular weight excluding hydrogens is 410 g/mol. The van der Waals surface area contributed by atoms with Gasteiger partial charge in [-0.25, -0.2) is 0 Å². The first kappa shape index (κ1) is 20.9. The van der Waals surface area contributed by atoms with Crippen LogP contribution in [0.25, 0.3) is 6.08 Å². The van der Waals surface area contributed by atoms with Gasteiger partial charge in [0, 0.05) is 31.9 Å². The van der Waals surface area contributed by atoms with E-state index in [1.165, 1.54) is 0 Å². The van der Waals surface area contributed by atoms with Crippen LogP contribution in [0.15, 0.2) is 77.7 Å². The van der Waals surface area contributed by atoms with Gasteiger partial charge in [-0.15, -0.1) is 0 Å². The highest BCUT2D eigenvalue weighted by atomic mass is 32.2. The number of nitrogens with zero attached hydrogens (tertiary/aromatic N) is 3. The molecule has 2 aliphatic heterocycles. The standard InChI is InChI=1S/C24H23N3O3S/c28-22(26-16-14-25(15-17-26)20-11-5-2-6-12-20)18-27-23(29)21(31-24(27)30)13-7-10-19-8-3-1-4-9-19/h1-13H,14-18H2/b10-7+,21-13+. The van der Waals surface area contributed by atoms with E-state index in [9.17, 15) is 14.4 Å². The molecule has 2 aromatic carbocycles. The van der Waals surface area contributed by atoms with Crippen molar-refractivity contribution in [1.29, 1.82) is 0 Å². The van der Waals surface area contributed by atoms with Gasteiger partial charge in [-0.05, 0) is 35.5 Å². The summed E-state index contributed by atoms with van der Waals surface area (Å²) in [6, 6.07) is 19.8. The Balaban J connectivity index is 1.32. The number of imide groups is 1. The quantitative estimate of drug-likeness (QED) is 0.674. The number of hydrogen-bond acceptors (Lipinski definition) is 5. The van der Waals surface area contributed by atoms with Crippen LogP contribution in [0.3, 0.4) is 0 Å². The molecule has 0 atom stereocenters. The van der Waals surface area contributed by atoms with Crippen LogP contribution in [0.2, 0.25) is 0 Å². The van der Waals surface area contributed by atoms with Crippen LogP contribution < -0.4 is 4.90 Å². The summed E-state index contributed by atoms with van der Waals surface area (Å²) in [6.07, 6.45) is 5.24. The second-order valence-corrected chi connectivity index (χ2v) is 8.26. The first-order chi connectivity index (χ1) is 15.1. The Morgan fingerprint density at radius 2 is 1.55 bits per heavy atom. The van der Waals surface area contributed by atoms with E-state index >= 15 is 0 Å². The van der Waals surface area contributed by atoms with Crippen LogP contribution in [-0.2, 0) is 9.59 Å². The van der Waals surface area contributed by atoms with E-state index in [1.54, 1.807) is 17.1 Å². The Kier molecular flexibility index (Phi) is 6.52. The van der Waals surface area contributed by atoms with Gasteiger partial charge in [0.2, 0.25) is 5.91 Å². The van der Waals surface area contributed by atoms with Gasteiger partial charge < -0.3 is 9.80 Å². The van der Waals surface area contributed by atoms with Gasteiger partial charge >= 0.3 is 0 Å². The van der Waals surface area contributed by atoms with Crippen molar-refractivity contribution in [2.45, 2.75) is 0 Å². The van der Waals surface area contributed by atoms with E-state index in [0.717, 1.165) is 41.0 Å². The molecule has 2 aromatic rings. The van der Waals surface area contributed by atoms with Crippen LogP contribution >= 0.6 is 11.8 Å². The second-order valence-electron chi connectivity index (χ2n) is 7.26. The van der Waals surface area contributed by atoms with Crippen molar-refractivity contribution in [3.05, 3.63) is 83.3 Å². The minimum absolute atomic E-state index is 0.198. The zero-order chi connectivity index (χ0) is 21.6. The Hall–Kier alpha value is -3.32. The van der Waals surface area contributed by atoms with E-state index in [2.05, 4.69) is 17.0 Å². The van der Waals surface area contributed by atoms with E-state index in [4.69, 9.17) is 0 Å². The van der Waals surface area contributed by atoms with E-state index in [0.29, 0.717) is 18.0 Å². The van der Waals surface area contributed by atoms with Gasteiger partial charge in [-0.1, -0.05) is 60.7 Å². The largest absolute Gasteiger partial charge is 0.368 e. The topological polar surface area (TPSA) is 60.9 Å². The summed E-state index contributed by atoms with van der Waals surface area (Å²) in [5.41, 5.74) is 2.14. The molecule has 0 aliphatic carbocycles. The fourth-order valence-electron chi connectivity index (χ4n) is 3.55. The predicted octanol–water partition coefficient (Wildman–Crippen LogP) is 3.63. The number of rotatable bonds is 5. The molecule has 2 aliphatic rings. The molecule has 2 saturated heterocycles. The average Bonchev–Trinajstić information content (AvgIpc) is 3.08. The van der Waals surface area contributed by atoms with Gasteiger partial charge in [0.05, 0.1) is 4.91 Å². The number of amides is 3. The minimum Gasteiger partial charge on any atom is -0.368 e. The zero-order valence-electron chi connectivity index (χ0n) is 17.0. The third kappa shape index (κ3) is 5.06. The average molecular weight is 434 g/mol. The number of hydrogen-bond donors (Lipinski definition) is 0. The van der Waals surface area contributed by atoms with E-state index in [1.807, 2.05) is 54.6 Å². The van der Waals surface area contributed by atoms with Crippen molar-refractivity contribution >= 4 is 40.6 Å². The van der Waals surface area contributed by atoms with Gasteiger partial charge in [-0.3, -0.25) is 19.3 Å². The lowest BCUT2D eigenvalue weighted by Gasteiger charge is -2.36. The number of carbonyl (C=O) groups excluding carboxylic acids is 3. The van der Waals surface area contributed by atoms with Gasteiger partial charge in [0.1, 0.15) is 6.54 Å². The summed E-state index contributed by atoms with van der Waals surface area (Å²) in [5, 5.41) is -0.402. The summed E-state index contributed by atoms with van der Waals surface area (Å²) >= 11 is 0.872. The van der Waals surface area contributed by atoms with Crippen LogP contribution in [0, 0.1) is 0 Å². The number of allylic oxidation sites excluding steroid dienone is 2. The lowest BCUT2D eigenvalue weighted by atomic mass is 10.2. The van der Waals surface area contributed by atoms with Crippen molar-refractivity contribution in [3.8, 4) is 0 Å². The number of benzene rings is 2. The molecule has 0 saturated carbocycles. The van der Waals surface area contributed by atoms with Crippen LogP contribution in [-0.4, -0.2) is 59.6 Å². The fraction of sp³-hybridized carbons (Fsp3) is 0.208. The van der Waals surface area contributed by atoms with Gasteiger partial charge in [0.25, 0.3) is 11.1 Å². The molecule has 3 amide bonds. The molecule has 6 nitrogen and oxygen atoms in total. The molecule has 7 heteroatoms. The molecule has 31 heavy (non-hydrogen) atoms. The molecule has 0 bridgehead atoms. The number of anilines is 1. The Labute approximate surface area is 185 Å². The number of para-hydroxylation sites is 1. The summed E-state index contributed by atoms with van der Waals surface area (Å²) in [4.78, 5) is 43.0. The van der Waals surface area contributed by atoms with Crippen molar-refractivity contribution in [1.82, 2.24) is 9.80 Å². The zero-order valence-corrected chi connectivity index (χ0v) is 17.8. The molecular formula is C24H23N3O3S. The monoisotopic (exact) mass is 433 g/mol. The van der Waals surface area contributed by atoms with Crippen LogP contribution in [0.1, 0.15) is 5.56 Å². The smallest absolute Gasteiger partial charge is 0.294 e. The first-order valence-corrected chi connectivity index (χ1v) is 11.0. The van der Waals surface area contributed by atoms with Crippen molar-refractivity contribution in [3.63, 3.8) is 0 Å². The molecule has 0 aromatic heterocycles. The second kappa shape index (κ2) is 9.66. The lowest BCUT2D eigenvalue weighted by molar-refractivity contribution is -0.136. The molecule has 4 rings (SSSR count). The SMILES string of the molecule is O=C(CN1C(=O)S/C(=C/C=C/c2ccccc2)C1=O)N1CCN(c2ccccc2)CC1. The summed E-state index contributed by atoms with van der Waals surface area (Å²) in [6.45, 7) is 2.37. The highest BCUT2D eigenvalue weighted by molar-refractivity contribution is 8.18. The lowest BCUT2D eigenvalue weighted by Crippen LogP contribution is -2.51. The van der Waals surface area contributed by atoms with Crippen molar-refractivity contribution < 1.29 is 14.4 Å². The molecule has 2 heterocycles. The Morgan fingerprint density at radius 1 is 0.903 bits per heavy atom. The molecule has 2 fully saturated rings. The van der Waals surface area contributed by atoms with E-state index < -0.39 is 11.1 Å². The Morgan fingerprint density at radius 3 is 2.23 bits per heavy atom. The van der Waals surface area contributed by atoms with E-state index in [-0.39, 0.29) is 12.5 Å². The van der Waals surface area contributed by atoms with Gasteiger partial charge in [-0.2, -0.15) is 0 Å². The van der Waals surface area contributed by atoms with Crippen LogP contribution in [0.5, 0.6) is 0 Å². The summed E-state index contributed by atoms with van der Waals surface area (Å²) in [5.74, 6) is -0.611. The third-order valence-electron chi connectivity index (χ3n) is 5.26. The first-order valence-electron chi connectivity index (χ1n) is 10.2. The van der Waals surface area contributed by atoms with Gasteiger partial charge in [0.15, 0.2) is 0 Å². The van der Waals surface area contributed by atoms with Crippen molar-refractivity contribution in [2.75, 3.05) is 37.6 Å². The summed E-state index contributed by atoms with van der Waals surface area (Å²) in [7, 11) is 0. The molecule has 0 spiro atoms. The normalized spacial score (nSPS) is 18.5. The third-order valence-corrected chi connectivity index (χ3v) is 6.18. The highest BCUT2D eigenvalue weighted by Gasteiger charge is 2.37. The summed E-state index contributed by atoms with van der Waals surface area (Å²) < 4.78 is 0. The number of thioether (sulfide) groups is 1. The molecule has 0 radical (unpaired) electrons. The minimum atomic E-state index is -0.413. The predicted molar refractivity (Wildman–Crippen MR) is 123 cm³/mol. The maximum Gasteiger partial charge on any atom is 0.294 e. The number of carbonyl (C=O) groups is 3.